The van der Waals surface area contributed by atoms with Crippen LogP contribution in [0.15, 0.2) is 4.52 Å². The summed E-state index contributed by atoms with van der Waals surface area (Å²) in [5.74, 6) is 2.83. The highest BCUT2D eigenvalue weighted by molar-refractivity contribution is 5.24. The lowest BCUT2D eigenvalue weighted by molar-refractivity contribution is 0.142. The molecule has 1 aliphatic heterocycles. The van der Waals surface area contributed by atoms with E-state index in [-0.39, 0.29) is 5.92 Å². The summed E-state index contributed by atoms with van der Waals surface area (Å²) in [6, 6.07) is 0. The highest BCUT2D eigenvalue weighted by Gasteiger charge is 2.39. The fourth-order valence-corrected chi connectivity index (χ4v) is 3.93. The highest BCUT2D eigenvalue weighted by Crippen LogP contribution is 2.40. The molecular formula is C18H27N5O2. The van der Waals surface area contributed by atoms with Gasteiger partial charge in [-0.05, 0) is 26.7 Å². The molecule has 1 saturated carbocycles. The molecule has 2 atom stereocenters. The van der Waals surface area contributed by atoms with Gasteiger partial charge in [0.15, 0.2) is 5.82 Å². The van der Waals surface area contributed by atoms with E-state index in [2.05, 4.69) is 29.0 Å². The first-order valence-corrected chi connectivity index (χ1v) is 9.10. The fraction of sp³-hybridized carbons (Fsp3) is 0.722. The maximum absolute atomic E-state index is 5.62. The molecule has 1 aliphatic carbocycles. The fourth-order valence-electron chi connectivity index (χ4n) is 3.93. The maximum atomic E-state index is 5.62. The van der Waals surface area contributed by atoms with Crippen LogP contribution >= 0.6 is 0 Å². The van der Waals surface area contributed by atoms with Gasteiger partial charge in [-0.1, -0.05) is 5.16 Å². The van der Waals surface area contributed by atoms with Crippen molar-refractivity contribution >= 4 is 0 Å². The van der Waals surface area contributed by atoms with Gasteiger partial charge in [-0.25, -0.2) is 0 Å². The topological polar surface area (TPSA) is 69.2 Å². The van der Waals surface area contributed by atoms with Gasteiger partial charge in [0.1, 0.15) is 0 Å². The summed E-state index contributed by atoms with van der Waals surface area (Å²) in [6.07, 6.45) is 2.38. The minimum atomic E-state index is 0.247. The predicted molar refractivity (Wildman–Crippen MR) is 92.3 cm³/mol. The first-order chi connectivity index (χ1) is 12.1. The quantitative estimate of drug-likeness (QED) is 0.799. The van der Waals surface area contributed by atoms with Crippen LogP contribution in [0, 0.1) is 19.8 Å². The molecule has 2 aliphatic rings. The van der Waals surface area contributed by atoms with E-state index >= 15 is 0 Å². The summed E-state index contributed by atoms with van der Waals surface area (Å²) < 4.78 is 13.0. The van der Waals surface area contributed by atoms with Crippen LogP contribution in [-0.4, -0.2) is 51.6 Å². The van der Waals surface area contributed by atoms with Crippen LogP contribution in [0.5, 0.6) is 0 Å². The summed E-state index contributed by atoms with van der Waals surface area (Å²) in [5.41, 5.74) is 3.67. The van der Waals surface area contributed by atoms with Gasteiger partial charge in [0.05, 0.1) is 18.2 Å². The number of likely N-dealkylation sites (tertiary alicyclic amines) is 1. The van der Waals surface area contributed by atoms with Crippen LogP contribution in [0.1, 0.15) is 53.3 Å². The Balaban J connectivity index is 1.51. The van der Waals surface area contributed by atoms with Crippen molar-refractivity contribution in [3.8, 4) is 0 Å². The summed E-state index contributed by atoms with van der Waals surface area (Å²) in [6.45, 7) is 7.75. The lowest BCUT2D eigenvalue weighted by atomic mass is 9.97. The third kappa shape index (κ3) is 3.22. The van der Waals surface area contributed by atoms with E-state index in [9.17, 15) is 0 Å². The van der Waals surface area contributed by atoms with Crippen LogP contribution in [-0.2, 0) is 18.3 Å². The van der Waals surface area contributed by atoms with E-state index in [1.165, 1.54) is 24.1 Å². The number of hydrogen-bond donors (Lipinski definition) is 0. The van der Waals surface area contributed by atoms with Crippen molar-refractivity contribution in [2.45, 2.75) is 45.1 Å². The zero-order valence-electron chi connectivity index (χ0n) is 15.5. The van der Waals surface area contributed by atoms with Gasteiger partial charge in [-0.3, -0.25) is 9.58 Å². The number of aromatic nitrogens is 4. The number of nitrogens with zero attached hydrogens (tertiary/aromatic N) is 5. The molecule has 0 unspecified atom stereocenters. The summed E-state index contributed by atoms with van der Waals surface area (Å²) in [5, 5.41) is 8.74. The zero-order valence-corrected chi connectivity index (χ0v) is 15.5. The van der Waals surface area contributed by atoms with Crippen LogP contribution in [0.4, 0.5) is 0 Å². The van der Waals surface area contributed by atoms with Gasteiger partial charge in [0.2, 0.25) is 5.89 Å². The van der Waals surface area contributed by atoms with Crippen LogP contribution in [0.3, 0.4) is 0 Å². The average Bonchev–Trinajstić information content (AvgIpc) is 3.10. The van der Waals surface area contributed by atoms with Gasteiger partial charge in [0, 0.05) is 56.9 Å². The lowest BCUT2D eigenvalue weighted by Crippen LogP contribution is -2.22. The van der Waals surface area contributed by atoms with E-state index < -0.39 is 0 Å². The predicted octanol–water partition coefficient (Wildman–Crippen LogP) is 2.16. The van der Waals surface area contributed by atoms with Crippen LogP contribution < -0.4 is 0 Å². The molecular weight excluding hydrogens is 318 g/mol. The first-order valence-electron chi connectivity index (χ1n) is 9.10. The molecule has 2 aromatic heterocycles. The van der Waals surface area contributed by atoms with E-state index in [0.29, 0.717) is 18.4 Å². The van der Waals surface area contributed by atoms with Crippen molar-refractivity contribution in [3.63, 3.8) is 0 Å². The maximum Gasteiger partial charge on any atom is 0.231 e. The molecule has 136 valence electrons. The highest BCUT2D eigenvalue weighted by atomic mass is 16.5. The number of hydrogen-bond acceptors (Lipinski definition) is 6. The molecule has 0 radical (unpaired) electrons. The van der Waals surface area contributed by atoms with Gasteiger partial charge in [0.25, 0.3) is 0 Å². The van der Waals surface area contributed by atoms with Gasteiger partial charge in [-0.15, -0.1) is 0 Å². The van der Waals surface area contributed by atoms with Crippen molar-refractivity contribution < 1.29 is 9.26 Å². The first kappa shape index (κ1) is 16.7. The summed E-state index contributed by atoms with van der Waals surface area (Å²) in [4.78, 5) is 7.16. The average molecular weight is 345 g/mol. The largest absolute Gasteiger partial charge is 0.384 e. The number of ether oxygens (including phenoxy) is 1. The Morgan fingerprint density at radius 3 is 2.68 bits per heavy atom. The molecule has 0 N–H and O–H groups in total. The van der Waals surface area contributed by atoms with Crippen molar-refractivity contribution in [2.75, 3.05) is 26.8 Å². The number of rotatable bonds is 6. The molecule has 3 heterocycles. The van der Waals surface area contributed by atoms with E-state index in [4.69, 9.17) is 14.2 Å². The monoisotopic (exact) mass is 345 g/mol. The molecule has 7 heteroatoms. The molecule has 0 bridgehead atoms. The SMILES string of the molecule is COC[C@@H]1CN(Cc2c(C)nn(C)c2C)C[C@H]1c1nc(C2CC2)no1. The Kier molecular flexibility index (Phi) is 4.37. The van der Waals surface area contributed by atoms with Gasteiger partial charge < -0.3 is 9.26 Å². The van der Waals surface area contributed by atoms with Crippen molar-refractivity contribution in [1.29, 1.82) is 0 Å². The van der Waals surface area contributed by atoms with Gasteiger partial charge >= 0.3 is 0 Å². The van der Waals surface area contributed by atoms with Crippen molar-refractivity contribution in [2.24, 2.45) is 13.0 Å². The number of methoxy groups -OCH3 is 1. The van der Waals surface area contributed by atoms with Crippen molar-refractivity contribution in [1.82, 2.24) is 24.8 Å². The minimum Gasteiger partial charge on any atom is -0.384 e. The third-order valence-electron chi connectivity index (χ3n) is 5.66. The third-order valence-corrected chi connectivity index (χ3v) is 5.66. The molecule has 25 heavy (non-hydrogen) atoms. The molecule has 0 aromatic carbocycles. The molecule has 4 rings (SSSR count). The molecule has 0 amide bonds. The molecule has 2 aromatic rings. The normalized spacial score (nSPS) is 24.3. The second-order valence-corrected chi connectivity index (χ2v) is 7.55. The van der Waals surface area contributed by atoms with Crippen LogP contribution in [0.25, 0.3) is 0 Å². The Labute approximate surface area is 148 Å². The van der Waals surface area contributed by atoms with Crippen molar-refractivity contribution in [3.05, 3.63) is 28.7 Å². The smallest absolute Gasteiger partial charge is 0.231 e. The summed E-state index contributed by atoms with van der Waals surface area (Å²) in [7, 11) is 3.77. The van der Waals surface area contributed by atoms with E-state index in [1.54, 1.807) is 7.11 Å². The standard InChI is InChI=1S/C18H27N5O2/c1-11-15(12(2)22(3)20-11)8-23-7-14(10-24-4)16(9-23)18-19-17(21-25-18)13-5-6-13/h13-14,16H,5-10H2,1-4H3/t14-,16+/m0/s1. The molecule has 2 fully saturated rings. The lowest BCUT2D eigenvalue weighted by Gasteiger charge is -2.16. The molecule has 1 saturated heterocycles. The molecule has 0 spiro atoms. The summed E-state index contributed by atoms with van der Waals surface area (Å²) >= 11 is 0. The van der Waals surface area contributed by atoms with Crippen LogP contribution in [0.2, 0.25) is 0 Å². The minimum absolute atomic E-state index is 0.247. The second kappa shape index (κ2) is 6.53. The Hall–Kier alpha value is -1.73. The van der Waals surface area contributed by atoms with E-state index in [0.717, 1.165) is 37.0 Å². The van der Waals surface area contributed by atoms with E-state index in [1.807, 2.05) is 11.7 Å². The second-order valence-electron chi connectivity index (χ2n) is 7.55. The molecule has 7 nitrogen and oxygen atoms in total. The Bertz CT molecular complexity index is 749. The zero-order chi connectivity index (χ0) is 17.6. The number of aryl methyl sites for hydroxylation is 2. The Morgan fingerprint density at radius 1 is 1.24 bits per heavy atom. The Morgan fingerprint density at radius 2 is 2.04 bits per heavy atom. The van der Waals surface area contributed by atoms with Gasteiger partial charge in [-0.2, -0.15) is 10.1 Å².